The average molecular weight is 251 g/mol. The van der Waals surface area contributed by atoms with Crippen LogP contribution in [-0.4, -0.2) is 15.0 Å². The first-order chi connectivity index (χ1) is 9.15. The van der Waals surface area contributed by atoms with E-state index in [1.54, 1.807) is 0 Å². The molecule has 3 aromatic rings. The molecule has 0 N–H and O–H groups in total. The molecule has 0 unspecified atom stereocenters. The van der Waals surface area contributed by atoms with Crippen LogP contribution in [0.4, 0.5) is 0 Å². The van der Waals surface area contributed by atoms with Gasteiger partial charge in [-0.1, -0.05) is 35.0 Å². The van der Waals surface area contributed by atoms with E-state index in [1.807, 2.05) is 22.9 Å². The summed E-state index contributed by atoms with van der Waals surface area (Å²) < 4.78 is 1.97. The second kappa shape index (κ2) is 4.50. The standard InChI is InChI=1S/C16H17N3/c1-11-8-12(2)14(13(3)9-11)10-19-16-7-5-4-6-15(16)17-18-19/h4-9H,10H2,1-3H3. The van der Waals surface area contributed by atoms with Gasteiger partial charge in [-0.2, -0.15) is 0 Å². The van der Waals surface area contributed by atoms with Crippen molar-refractivity contribution >= 4 is 11.0 Å². The van der Waals surface area contributed by atoms with Crippen LogP contribution < -0.4 is 0 Å². The number of para-hydroxylation sites is 1. The molecule has 19 heavy (non-hydrogen) atoms. The van der Waals surface area contributed by atoms with Gasteiger partial charge < -0.3 is 0 Å². The molecule has 1 heterocycles. The first-order valence-electron chi connectivity index (χ1n) is 6.50. The normalized spacial score (nSPS) is 11.1. The van der Waals surface area contributed by atoms with E-state index in [1.165, 1.54) is 22.3 Å². The van der Waals surface area contributed by atoms with Crippen molar-refractivity contribution < 1.29 is 0 Å². The predicted octanol–water partition coefficient (Wildman–Crippen LogP) is 3.40. The second-order valence-electron chi connectivity index (χ2n) is 5.11. The molecule has 3 rings (SSSR count). The molecule has 0 fully saturated rings. The summed E-state index contributed by atoms with van der Waals surface area (Å²) in [6, 6.07) is 12.5. The van der Waals surface area contributed by atoms with Gasteiger partial charge in [0.25, 0.3) is 0 Å². The minimum absolute atomic E-state index is 0.776. The Kier molecular flexibility index (Phi) is 2.82. The van der Waals surface area contributed by atoms with Crippen molar-refractivity contribution in [2.24, 2.45) is 0 Å². The third-order valence-electron chi connectivity index (χ3n) is 3.57. The van der Waals surface area contributed by atoms with Crippen molar-refractivity contribution in [2.45, 2.75) is 27.3 Å². The third kappa shape index (κ3) is 2.12. The van der Waals surface area contributed by atoms with Crippen molar-refractivity contribution in [2.75, 3.05) is 0 Å². The molecule has 0 saturated carbocycles. The molecule has 0 spiro atoms. The van der Waals surface area contributed by atoms with Crippen molar-refractivity contribution in [1.82, 2.24) is 15.0 Å². The van der Waals surface area contributed by atoms with Crippen LogP contribution in [0.5, 0.6) is 0 Å². The van der Waals surface area contributed by atoms with Crippen LogP contribution in [0, 0.1) is 20.8 Å². The monoisotopic (exact) mass is 251 g/mol. The highest BCUT2D eigenvalue weighted by Crippen LogP contribution is 2.19. The Bertz CT molecular complexity index is 718. The topological polar surface area (TPSA) is 30.7 Å². The van der Waals surface area contributed by atoms with Crippen LogP contribution in [-0.2, 0) is 6.54 Å². The maximum Gasteiger partial charge on any atom is 0.113 e. The van der Waals surface area contributed by atoms with Crippen LogP contribution in [0.3, 0.4) is 0 Å². The number of fused-ring (bicyclic) bond motifs is 1. The minimum Gasteiger partial charge on any atom is -0.240 e. The molecule has 2 aromatic carbocycles. The van der Waals surface area contributed by atoms with E-state index in [4.69, 9.17) is 0 Å². The summed E-state index contributed by atoms with van der Waals surface area (Å²) >= 11 is 0. The van der Waals surface area contributed by atoms with E-state index in [9.17, 15) is 0 Å². The lowest BCUT2D eigenvalue weighted by Crippen LogP contribution is -2.05. The number of aromatic nitrogens is 3. The molecular formula is C16H17N3. The van der Waals surface area contributed by atoms with Crippen LogP contribution in [0.25, 0.3) is 11.0 Å². The minimum atomic E-state index is 0.776. The van der Waals surface area contributed by atoms with E-state index < -0.39 is 0 Å². The van der Waals surface area contributed by atoms with Crippen molar-refractivity contribution in [3.63, 3.8) is 0 Å². The van der Waals surface area contributed by atoms with Crippen LogP contribution in [0.1, 0.15) is 22.3 Å². The summed E-state index contributed by atoms with van der Waals surface area (Å²) in [4.78, 5) is 0. The highest BCUT2D eigenvalue weighted by atomic mass is 15.4. The lowest BCUT2D eigenvalue weighted by atomic mass is 10.00. The lowest BCUT2D eigenvalue weighted by molar-refractivity contribution is 0.665. The largest absolute Gasteiger partial charge is 0.240 e. The quantitative estimate of drug-likeness (QED) is 0.699. The Labute approximate surface area is 112 Å². The molecule has 0 aliphatic carbocycles. The molecule has 3 heteroatoms. The zero-order valence-electron chi connectivity index (χ0n) is 11.5. The van der Waals surface area contributed by atoms with Gasteiger partial charge in [0.1, 0.15) is 5.52 Å². The van der Waals surface area contributed by atoms with Crippen LogP contribution >= 0.6 is 0 Å². The number of benzene rings is 2. The van der Waals surface area contributed by atoms with Gasteiger partial charge in [-0.15, -0.1) is 5.10 Å². The van der Waals surface area contributed by atoms with Gasteiger partial charge in [-0.3, -0.25) is 0 Å². The highest BCUT2D eigenvalue weighted by molar-refractivity contribution is 5.73. The molecular weight excluding hydrogens is 234 g/mol. The number of hydrogen-bond donors (Lipinski definition) is 0. The summed E-state index contributed by atoms with van der Waals surface area (Å²) in [5.41, 5.74) is 7.31. The summed E-state index contributed by atoms with van der Waals surface area (Å²) in [6.45, 7) is 7.23. The molecule has 3 nitrogen and oxygen atoms in total. The fourth-order valence-electron chi connectivity index (χ4n) is 2.64. The lowest BCUT2D eigenvalue weighted by Gasteiger charge is -2.11. The first kappa shape index (κ1) is 11.9. The van der Waals surface area contributed by atoms with E-state index in [0.717, 1.165) is 17.6 Å². The number of hydrogen-bond acceptors (Lipinski definition) is 2. The predicted molar refractivity (Wildman–Crippen MR) is 77.3 cm³/mol. The molecule has 0 aliphatic heterocycles. The molecule has 0 radical (unpaired) electrons. The maximum atomic E-state index is 4.26. The zero-order chi connectivity index (χ0) is 13.4. The van der Waals surface area contributed by atoms with Crippen LogP contribution in [0.15, 0.2) is 36.4 Å². The van der Waals surface area contributed by atoms with Gasteiger partial charge in [0.15, 0.2) is 0 Å². The summed E-state index contributed by atoms with van der Waals surface area (Å²) in [6.07, 6.45) is 0. The van der Waals surface area contributed by atoms with E-state index in [2.05, 4.69) is 49.3 Å². The maximum absolute atomic E-state index is 4.26. The Morgan fingerprint density at radius 3 is 2.42 bits per heavy atom. The molecule has 0 amide bonds. The number of nitrogens with zero attached hydrogens (tertiary/aromatic N) is 3. The fourth-order valence-corrected chi connectivity index (χ4v) is 2.64. The Balaban J connectivity index is 2.06. The average Bonchev–Trinajstić information content (AvgIpc) is 2.77. The van der Waals surface area contributed by atoms with Gasteiger partial charge in [0.05, 0.1) is 12.1 Å². The van der Waals surface area contributed by atoms with Crippen molar-refractivity contribution in [1.29, 1.82) is 0 Å². The summed E-state index contributed by atoms with van der Waals surface area (Å²) in [5.74, 6) is 0. The number of rotatable bonds is 2. The molecule has 0 atom stereocenters. The third-order valence-corrected chi connectivity index (χ3v) is 3.57. The summed E-state index contributed by atoms with van der Waals surface area (Å²) in [7, 11) is 0. The smallest absolute Gasteiger partial charge is 0.113 e. The second-order valence-corrected chi connectivity index (χ2v) is 5.11. The van der Waals surface area contributed by atoms with Gasteiger partial charge in [-0.25, -0.2) is 4.68 Å². The molecule has 1 aromatic heterocycles. The molecule has 96 valence electrons. The van der Waals surface area contributed by atoms with Gasteiger partial charge in [0.2, 0.25) is 0 Å². The first-order valence-corrected chi connectivity index (χ1v) is 6.50. The Morgan fingerprint density at radius 2 is 1.68 bits per heavy atom. The van der Waals surface area contributed by atoms with E-state index >= 15 is 0 Å². The van der Waals surface area contributed by atoms with Gasteiger partial charge in [0, 0.05) is 0 Å². The fraction of sp³-hybridized carbons (Fsp3) is 0.250. The Morgan fingerprint density at radius 1 is 1.00 bits per heavy atom. The van der Waals surface area contributed by atoms with Crippen LogP contribution in [0.2, 0.25) is 0 Å². The molecule has 0 bridgehead atoms. The highest BCUT2D eigenvalue weighted by Gasteiger charge is 2.08. The van der Waals surface area contributed by atoms with Gasteiger partial charge in [-0.05, 0) is 49.6 Å². The van der Waals surface area contributed by atoms with E-state index in [-0.39, 0.29) is 0 Å². The SMILES string of the molecule is Cc1cc(C)c(Cn2nnc3ccccc32)c(C)c1. The van der Waals surface area contributed by atoms with Crippen molar-refractivity contribution in [3.8, 4) is 0 Å². The molecule has 0 saturated heterocycles. The van der Waals surface area contributed by atoms with Crippen molar-refractivity contribution in [3.05, 3.63) is 58.7 Å². The summed E-state index contributed by atoms with van der Waals surface area (Å²) in [5, 5.41) is 8.47. The Hall–Kier alpha value is -2.16. The van der Waals surface area contributed by atoms with Gasteiger partial charge >= 0.3 is 0 Å². The zero-order valence-corrected chi connectivity index (χ0v) is 11.5. The van der Waals surface area contributed by atoms with E-state index in [0.29, 0.717) is 0 Å². The molecule has 0 aliphatic rings. The number of aryl methyl sites for hydroxylation is 3.